The smallest absolute Gasteiger partial charge is 0.314 e. The second-order valence-corrected chi connectivity index (χ2v) is 6.33. The predicted molar refractivity (Wildman–Crippen MR) is 99.2 cm³/mol. The highest BCUT2D eigenvalue weighted by molar-refractivity contribution is 5.77. The molecule has 130 valence electrons. The lowest BCUT2D eigenvalue weighted by Gasteiger charge is -2.11. The minimum Gasteiger partial charge on any atom is -0.338 e. The Kier molecular flexibility index (Phi) is 5.28. The third-order valence-electron chi connectivity index (χ3n) is 3.83. The Morgan fingerprint density at radius 3 is 2.68 bits per heavy atom. The fraction of sp³-hybridized carbons (Fsp3) is 0.316. The molecule has 25 heavy (non-hydrogen) atoms. The number of amides is 2. The Hall–Kier alpha value is -2.89. The SMILES string of the molecule is CC(C)CNC(=O)NCCn1c(-c2ccccc2)nc2cccnc21. The molecule has 0 aliphatic rings. The van der Waals surface area contributed by atoms with Crippen molar-refractivity contribution >= 4 is 17.2 Å². The van der Waals surface area contributed by atoms with Crippen LogP contribution < -0.4 is 10.6 Å². The lowest BCUT2D eigenvalue weighted by Crippen LogP contribution is -2.38. The van der Waals surface area contributed by atoms with Gasteiger partial charge in [0.1, 0.15) is 11.3 Å². The number of urea groups is 1. The lowest BCUT2D eigenvalue weighted by atomic mass is 10.2. The van der Waals surface area contributed by atoms with Gasteiger partial charge in [-0.15, -0.1) is 0 Å². The third-order valence-corrected chi connectivity index (χ3v) is 3.83. The van der Waals surface area contributed by atoms with Crippen molar-refractivity contribution in [3.05, 3.63) is 48.7 Å². The molecule has 0 aliphatic heterocycles. The Morgan fingerprint density at radius 2 is 1.92 bits per heavy atom. The summed E-state index contributed by atoms with van der Waals surface area (Å²) in [6.07, 6.45) is 1.76. The van der Waals surface area contributed by atoms with Crippen molar-refractivity contribution < 1.29 is 4.79 Å². The van der Waals surface area contributed by atoms with E-state index in [1.807, 2.05) is 47.0 Å². The molecular formula is C19H23N5O. The number of benzene rings is 1. The molecule has 6 heteroatoms. The van der Waals surface area contributed by atoms with Gasteiger partial charge in [-0.1, -0.05) is 44.2 Å². The quantitative estimate of drug-likeness (QED) is 0.726. The highest BCUT2D eigenvalue weighted by atomic mass is 16.2. The molecule has 0 unspecified atom stereocenters. The number of hydrogen-bond acceptors (Lipinski definition) is 3. The summed E-state index contributed by atoms with van der Waals surface area (Å²) < 4.78 is 2.05. The van der Waals surface area contributed by atoms with E-state index in [2.05, 4.69) is 29.5 Å². The van der Waals surface area contributed by atoms with E-state index >= 15 is 0 Å². The zero-order valence-electron chi connectivity index (χ0n) is 14.6. The van der Waals surface area contributed by atoms with Gasteiger partial charge in [0, 0.05) is 31.4 Å². The topological polar surface area (TPSA) is 71.8 Å². The fourth-order valence-electron chi connectivity index (χ4n) is 2.62. The summed E-state index contributed by atoms with van der Waals surface area (Å²) in [6, 6.07) is 13.7. The molecule has 0 bridgehead atoms. The first-order chi connectivity index (χ1) is 12.1. The predicted octanol–water partition coefficient (Wildman–Crippen LogP) is 3.05. The van der Waals surface area contributed by atoms with Crippen LogP contribution in [-0.4, -0.2) is 33.7 Å². The number of imidazole rings is 1. The summed E-state index contributed by atoms with van der Waals surface area (Å²) in [5.41, 5.74) is 2.71. The molecule has 2 aromatic heterocycles. The van der Waals surface area contributed by atoms with Crippen molar-refractivity contribution in [1.29, 1.82) is 0 Å². The number of hydrogen-bond donors (Lipinski definition) is 2. The average Bonchev–Trinajstić information content (AvgIpc) is 2.99. The van der Waals surface area contributed by atoms with Gasteiger partial charge in [-0.3, -0.25) is 0 Å². The highest BCUT2D eigenvalue weighted by Gasteiger charge is 2.13. The van der Waals surface area contributed by atoms with Crippen LogP contribution in [0.25, 0.3) is 22.6 Å². The van der Waals surface area contributed by atoms with E-state index in [1.165, 1.54) is 0 Å². The second-order valence-electron chi connectivity index (χ2n) is 6.33. The second kappa shape index (κ2) is 7.79. The van der Waals surface area contributed by atoms with Crippen LogP contribution in [0.3, 0.4) is 0 Å². The maximum atomic E-state index is 11.8. The average molecular weight is 337 g/mol. The summed E-state index contributed by atoms with van der Waals surface area (Å²) >= 11 is 0. The molecule has 2 N–H and O–H groups in total. The van der Waals surface area contributed by atoms with Crippen LogP contribution in [0.4, 0.5) is 4.79 Å². The molecule has 1 aromatic carbocycles. The van der Waals surface area contributed by atoms with Gasteiger partial charge < -0.3 is 15.2 Å². The zero-order chi connectivity index (χ0) is 17.6. The van der Waals surface area contributed by atoms with Crippen LogP contribution >= 0.6 is 0 Å². The summed E-state index contributed by atoms with van der Waals surface area (Å²) in [5.74, 6) is 1.29. The first kappa shape index (κ1) is 17.0. The van der Waals surface area contributed by atoms with Crippen LogP contribution in [0, 0.1) is 5.92 Å². The van der Waals surface area contributed by atoms with E-state index in [-0.39, 0.29) is 6.03 Å². The van der Waals surface area contributed by atoms with Gasteiger partial charge in [-0.2, -0.15) is 0 Å². The zero-order valence-corrected chi connectivity index (χ0v) is 14.6. The highest BCUT2D eigenvalue weighted by Crippen LogP contribution is 2.23. The lowest BCUT2D eigenvalue weighted by molar-refractivity contribution is 0.239. The van der Waals surface area contributed by atoms with Gasteiger partial charge >= 0.3 is 6.03 Å². The van der Waals surface area contributed by atoms with Crippen LogP contribution in [0.1, 0.15) is 13.8 Å². The van der Waals surface area contributed by atoms with Crippen LogP contribution in [0.15, 0.2) is 48.7 Å². The van der Waals surface area contributed by atoms with Crippen molar-refractivity contribution in [2.45, 2.75) is 20.4 Å². The number of rotatable bonds is 6. The molecule has 0 fully saturated rings. The van der Waals surface area contributed by atoms with Gasteiger partial charge in [0.2, 0.25) is 0 Å². The van der Waals surface area contributed by atoms with Crippen molar-refractivity contribution in [2.75, 3.05) is 13.1 Å². The van der Waals surface area contributed by atoms with Gasteiger partial charge in [0.25, 0.3) is 0 Å². The maximum Gasteiger partial charge on any atom is 0.314 e. The van der Waals surface area contributed by atoms with Crippen molar-refractivity contribution in [1.82, 2.24) is 25.2 Å². The van der Waals surface area contributed by atoms with Gasteiger partial charge in [0.15, 0.2) is 5.65 Å². The molecule has 2 amide bonds. The number of nitrogens with one attached hydrogen (secondary N) is 2. The molecule has 6 nitrogen and oxygen atoms in total. The Balaban J connectivity index is 1.77. The number of pyridine rings is 1. The number of fused-ring (bicyclic) bond motifs is 1. The summed E-state index contributed by atoms with van der Waals surface area (Å²) in [5, 5.41) is 5.75. The van der Waals surface area contributed by atoms with Crippen molar-refractivity contribution in [2.24, 2.45) is 5.92 Å². The molecule has 0 saturated carbocycles. The minimum absolute atomic E-state index is 0.146. The Labute approximate surface area is 147 Å². The molecule has 0 saturated heterocycles. The van der Waals surface area contributed by atoms with E-state index in [9.17, 15) is 4.79 Å². The van der Waals surface area contributed by atoms with E-state index in [4.69, 9.17) is 4.98 Å². The van der Waals surface area contributed by atoms with Crippen molar-refractivity contribution in [3.63, 3.8) is 0 Å². The third kappa shape index (κ3) is 4.15. The van der Waals surface area contributed by atoms with Gasteiger partial charge in [-0.05, 0) is 18.1 Å². The number of carbonyl (C=O) groups is 1. The van der Waals surface area contributed by atoms with E-state index in [0.29, 0.717) is 25.6 Å². The van der Waals surface area contributed by atoms with E-state index < -0.39 is 0 Å². The van der Waals surface area contributed by atoms with Crippen LogP contribution in [-0.2, 0) is 6.54 Å². The van der Waals surface area contributed by atoms with E-state index in [1.54, 1.807) is 6.20 Å². The number of aromatic nitrogens is 3. The molecular weight excluding hydrogens is 314 g/mol. The standard InChI is InChI=1S/C19H23N5O/c1-14(2)13-22-19(25)21-11-12-24-17(15-7-4-3-5-8-15)23-16-9-6-10-20-18(16)24/h3-10,14H,11-13H2,1-2H3,(H2,21,22,25). The number of carbonyl (C=O) groups excluding carboxylic acids is 1. The normalized spacial score (nSPS) is 11.0. The van der Waals surface area contributed by atoms with Crippen LogP contribution in [0.2, 0.25) is 0 Å². The largest absolute Gasteiger partial charge is 0.338 e. The van der Waals surface area contributed by atoms with Gasteiger partial charge in [0.05, 0.1) is 0 Å². The van der Waals surface area contributed by atoms with Gasteiger partial charge in [-0.25, -0.2) is 14.8 Å². The molecule has 3 rings (SSSR count). The monoisotopic (exact) mass is 337 g/mol. The first-order valence-corrected chi connectivity index (χ1v) is 8.53. The molecule has 0 aliphatic carbocycles. The molecule has 0 radical (unpaired) electrons. The Morgan fingerprint density at radius 1 is 1.12 bits per heavy atom. The maximum absolute atomic E-state index is 11.8. The Bertz CT molecular complexity index is 841. The molecule has 3 aromatic rings. The van der Waals surface area contributed by atoms with E-state index in [0.717, 1.165) is 22.6 Å². The molecule has 0 atom stereocenters. The van der Waals surface area contributed by atoms with Crippen LogP contribution in [0.5, 0.6) is 0 Å². The summed E-state index contributed by atoms with van der Waals surface area (Å²) in [6.45, 7) is 5.90. The number of nitrogens with zero attached hydrogens (tertiary/aromatic N) is 3. The van der Waals surface area contributed by atoms with Crippen molar-refractivity contribution in [3.8, 4) is 11.4 Å². The molecule has 2 heterocycles. The fourth-order valence-corrected chi connectivity index (χ4v) is 2.62. The summed E-state index contributed by atoms with van der Waals surface area (Å²) in [4.78, 5) is 21.0. The summed E-state index contributed by atoms with van der Waals surface area (Å²) in [7, 11) is 0. The minimum atomic E-state index is -0.146. The molecule has 0 spiro atoms. The first-order valence-electron chi connectivity index (χ1n) is 8.53.